The second-order valence-corrected chi connectivity index (χ2v) is 5.09. The molecule has 1 aliphatic carbocycles. The van der Waals surface area contributed by atoms with Gasteiger partial charge in [0, 0.05) is 0 Å². The molecule has 1 aliphatic rings. The molecule has 4 N–H and O–H groups in total. The van der Waals surface area contributed by atoms with Gasteiger partial charge in [0.15, 0.2) is 0 Å². The number of hydrogen-bond acceptors (Lipinski definition) is 3. The molecule has 0 heterocycles. The van der Waals surface area contributed by atoms with Crippen molar-refractivity contribution < 1.29 is 8.42 Å². The molecule has 0 amide bonds. The molecule has 0 atom stereocenters. The minimum absolute atomic E-state index is 0.0538. The van der Waals surface area contributed by atoms with E-state index < -0.39 is 10.0 Å². The van der Waals surface area contributed by atoms with Gasteiger partial charge < -0.3 is 5.73 Å². The number of sulfonamides is 1. The van der Waals surface area contributed by atoms with Crippen molar-refractivity contribution in [1.82, 2.24) is 0 Å². The van der Waals surface area contributed by atoms with Crippen LogP contribution in [0.4, 0.5) is 5.69 Å². The van der Waals surface area contributed by atoms with Crippen molar-refractivity contribution in [1.29, 1.82) is 0 Å². The molecule has 14 heavy (non-hydrogen) atoms. The zero-order valence-electron chi connectivity index (χ0n) is 7.66. The van der Waals surface area contributed by atoms with Crippen molar-refractivity contribution in [2.75, 3.05) is 5.73 Å². The third kappa shape index (κ3) is 1.49. The second-order valence-electron chi connectivity index (χ2n) is 3.56. The molecule has 4 nitrogen and oxygen atoms in total. The fourth-order valence-electron chi connectivity index (χ4n) is 1.87. The van der Waals surface area contributed by atoms with Crippen molar-refractivity contribution in [2.45, 2.75) is 24.2 Å². The lowest BCUT2D eigenvalue weighted by molar-refractivity contribution is 0.598. The molecule has 2 rings (SSSR count). The van der Waals surface area contributed by atoms with Gasteiger partial charge in [-0.3, -0.25) is 0 Å². The van der Waals surface area contributed by atoms with E-state index in [4.69, 9.17) is 10.9 Å². The van der Waals surface area contributed by atoms with E-state index >= 15 is 0 Å². The van der Waals surface area contributed by atoms with Crippen LogP contribution in [0.25, 0.3) is 0 Å². The molecule has 0 bridgehead atoms. The molecule has 1 aromatic rings. The summed E-state index contributed by atoms with van der Waals surface area (Å²) in [6, 6.07) is 3.33. The third-order valence-corrected chi connectivity index (χ3v) is 3.50. The Morgan fingerprint density at radius 3 is 2.29 bits per heavy atom. The number of rotatable bonds is 1. The van der Waals surface area contributed by atoms with Gasteiger partial charge >= 0.3 is 0 Å². The summed E-state index contributed by atoms with van der Waals surface area (Å²) in [4.78, 5) is 0.0538. The Kier molecular flexibility index (Phi) is 2.01. The predicted octanol–water partition coefficient (Wildman–Crippen LogP) is 0.405. The lowest BCUT2D eigenvalue weighted by atomic mass is 10.1. The lowest BCUT2D eigenvalue weighted by Gasteiger charge is -2.06. The molecule has 0 unspecified atom stereocenters. The Morgan fingerprint density at radius 2 is 1.71 bits per heavy atom. The highest BCUT2D eigenvalue weighted by Crippen LogP contribution is 2.28. The van der Waals surface area contributed by atoms with Gasteiger partial charge in [0.2, 0.25) is 10.0 Å². The summed E-state index contributed by atoms with van der Waals surface area (Å²) in [5.41, 5.74) is 8.08. The molecule has 0 saturated heterocycles. The monoisotopic (exact) mass is 212 g/mol. The number of primary sulfonamides is 1. The van der Waals surface area contributed by atoms with Crippen molar-refractivity contribution in [3.8, 4) is 0 Å². The van der Waals surface area contributed by atoms with Crippen molar-refractivity contribution in [2.24, 2.45) is 5.14 Å². The average molecular weight is 212 g/mol. The van der Waals surface area contributed by atoms with Crippen LogP contribution in [0.2, 0.25) is 0 Å². The van der Waals surface area contributed by atoms with Gasteiger partial charge in [0.1, 0.15) is 4.90 Å². The predicted molar refractivity (Wildman–Crippen MR) is 54.3 cm³/mol. The van der Waals surface area contributed by atoms with Gasteiger partial charge in [0.25, 0.3) is 0 Å². The van der Waals surface area contributed by atoms with Gasteiger partial charge in [0.05, 0.1) is 5.69 Å². The molecular formula is C9H12N2O2S. The van der Waals surface area contributed by atoms with E-state index in [0.717, 1.165) is 30.4 Å². The largest absolute Gasteiger partial charge is 0.398 e. The number of benzene rings is 1. The first-order valence-electron chi connectivity index (χ1n) is 4.42. The van der Waals surface area contributed by atoms with E-state index in [-0.39, 0.29) is 10.6 Å². The van der Waals surface area contributed by atoms with E-state index in [1.54, 1.807) is 12.1 Å². The van der Waals surface area contributed by atoms with E-state index in [9.17, 15) is 8.42 Å². The summed E-state index contributed by atoms with van der Waals surface area (Å²) < 4.78 is 22.3. The molecule has 5 heteroatoms. The topological polar surface area (TPSA) is 86.2 Å². The minimum atomic E-state index is -3.68. The maximum Gasteiger partial charge on any atom is 0.240 e. The molecule has 0 fully saturated rings. The maximum atomic E-state index is 11.2. The third-order valence-electron chi connectivity index (χ3n) is 2.53. The fraction of sp³-hybridized carbons (Fsp3) is 0.333. The quantitative estimate of drug-likeness (QED) is 0.661. The normalized spacial score (nSPS) is 15.5. The Labute approximate surface area is 83.0 Å². The number of hydrogen-bond donors (Lipinski definition) is 2. The summed E-state index contributed by atoms with van der Waals surface area (Å²) in [5.74, 6) is 0. The molecule has 0 radical (unpaired) electrons. The van der Waals surface area contributed by atoms with Crippen LogP contribution in [0.1, 0.15) is 17.5 Å². The van der Waals surface area contributed by atoms with Crippen molar-refractivity contribution in [3.05, 3.63) is 23.3 Å². The lowest BCUT2D eigenvalue weighted by Crippen LogP contribution is -2.14. The van der Waals surface area contributed by atoms with E-state index in [0.29, 0.717) is 0 Å². The molecular weight excluding hydrogens is 200 g/mol. The van der Waals surface area contributed by atoms with Crippen LogP contribution in [0.5, 0.6) is 0 Å². The number of anilines is 1. The average Bonchev–Trinajstić information content (AvgIpc) is 2.47. The second kappa shape index (κ2) is 2.96. The van der Waals surface area contributed by atoms with Crippen molar-refractivity contribution >= 4 is 15.7 Å². The summed E-state index contributed by atoms with van der Waals surface area (Å²) >= 11 is 0. The number of nitrogens with two attached hydrogens (primary N) is 2. The van der Waals surface area contributed by atoms with Crippen LogP contribution in [0, 0.1) is 0 Å². The van der Waals surface area contributed by atoms with Gasteiger partial charge in [-0.05, 0) is 42.5 Å². The highest BCUT2D eigenvalue weighted by molar-refractivity contribution is 7.89. The molecule has 0 saturated carbocycles. The smallest absolute Gasteiger partial charge is 0.240 e. The zero-order valence-corrected chi connectivity index (χ0v) is 8.47. The summed E-state index contributed by atoms with van der Waals surface area (Å²) in [5, 5.41) is 5.04. The Morgan fingerprint density at radius 1 is 1.14 bits per heavy atom. The number of fused-ring (bicyclic) bond motifs is 1. The van der Waals surface area contributed by atoms with E-state index in [2.05, 4.69) is 0 Å². The van der Waals surface area contributed by atoms with Crippen LogP contribution in [0.15, 0.2) is 17.0 Å². The molecule has 0 spiro atoms. The van der Waals surface area contributed by atoms with Crippen LogP contribution in [-0.4, -0.2) is 8.42 Å². The first-order valence-corrected chi connectivity index (χ1v) is 5.97. The van der Waals surface area contributed by atoms with Gasteiger partial charge in [-0.1, -0.05) is 0 Å². The molecule has 0 aromatic heterocycles. The van der Waals surface area contributed by atoms with E-state index in [1.807, 2.05) is 0 Å². The van der Waals surface area contributed by atoms with Crippen molar-refractivity contribution in [3.63, 3.8) is 0 Å². The number of nitrogen functional groups attached to an aromatic ring is 1. The number of aryl methyl sites for hydroxylation is 2. The summed E-state index contributed by atoms with van der Waals surface area (Å²) in [6.07, 6.45) is 2.95. The SMILES string of the molecule is Nc1cc2c(cc1S(N)(=O)=O)CCC2. The Balaban J connectivity index is 2.65. The standard InChI is InChI=1S/C9H12N2O2S/c10-8-4-6-2-1-3-7(6)5-9(8)14(11,12)13/h4-5H,1-3,10H2,(H2,11,12,13). The van der Waals surface area contributed by atoms with Crippen LogP contribution in [-0.2, 0) is 22.9 Å². The molecule has 76 valence electrons. The van der Waals surface area contributed by atoms with E-state index in [1.165, 1.54) is 0 Å². The fourth-order valence-corrected chi connectivity index (χ4v) is 2.56. The van der Waals surface area contributed by atoms with Crippen LogP contribution >= 0.6 is 0 Å². The Bertz CT molecular complexity index is 480. The minimum Gasteiger partial charge on any atom is -0.398 e. The maximum absolute atomic E-state index is 11.2. The first kappa shape index (κ1) is 9.48. The molecule has 1 aromatic carbocycles. The highest BCUT2D eigenvalue weighted by atomic mass is 32.2. The Hall–Kier alpha value is -1.07. The highest BCUT2D eigenvalue weighted by Gasteiger charge is 2.18. The zero-order chi connectivity index (χ0) is 10.3. The van der Waals surface area contributed by atoms with Crippen LogP contribution < -0.4 is 10.9 Å². The van der Waals surface area contributed by atoms with Gasteiger partial charge in [-0.2, -0.15) is 0 Å². The van der Waals surface area contributed by atoms with Crippen LogP contribution in [0.3, 0.4) is 0 Å². The first-order chi connectivity index (χ1) is 6.48. The summed E-state index contributed by atoms with van der Waals surface area (Å²) in [7, 11) is -3.68. The summed E-state index contributed by atoms with van der Waals surface area (Å²) in [6.45, 7) is 0. The van der Waals surface area contributed by atoms with Gasteiger partial charge in [-0.25, -0.2) is 13.6 Å². The molecule has 0 aliphatic heterocycles. The van der Waals surface area contributed by atoms with Gasteiger partial charge in [-0.15, -0.1) is 0 Å².